The Balaban J connectivity index is 1.31. The van der Waals surface area contributed by atoms with Gasteiger partial charge >= 0.3 is 0 Å². The van der Waals surface area contributed by atoms with Gasteiger partial charge in [-0.3, -0.25) is 4.79 Å². The van der Waals surface area contributed by atoms with Crippen molar-refractivity contribution < 1.29 is 19.0 Å². The van der Waals surface area contributed by atoms with Crippen molar-refractivity contribution in [2.75, 3.05) is 33.4 Å². The van der Waals surface area contributed by atoms with E-state index in [1.165, 1.54) is 0 Å². The van der Waals surface area contributed by atoms with Crippen LogP contribution in [0.2, 0.25) is 0 Å². The van der Waals surface area contributed by atoms with Crippen molar-refractivity contribution >= 4 is 16.9 Å². The first-order valence-corrected chi connectivity index (χ1v) is 10.2. The van der Waals surface area contributed by atoms with E-state index in [1.54, 1.807) is 7.11 Å². The van der Waals surface area contributed by atoms with E-state index in [0.717, 1.165) is 16.8 Å². The fourth-order valence-electron chi connectivity index (χ4n) is 4.18. The number of amides is 1. The molecule has 2 aromatic carbocycles. The van der Waals surface area contributed by atoms with E-state index in [4.69, 9.17) is 14.2 Å². The number of aromatic nitrogens is 3. The predicted molar refractivity (Wildman–Crippen MR) is 109 cm³/mol. The fraction of sp³-hybridized carbons (Fsp3) is 0.409. The molecule has 3 heterocycles. The maximum absolute atomic E-state index is 13.0. The quantitative estimate of drug-likeness (QED) is 0.660. The van der Waals surface area contributed by atoms with E-state index in [1.807, 2.05) is 52.0 Å². The van der Waals surface area contributed by atoms with Crippen LogP contribution in [-0.2, 0) is 16.0 Å². The average molecular weight is 408 g/mol. The van der Waals surface area contributed by atoms with Gasteiger partial charge in [-0.25, -0.2) is 4.68 Å². The van der Waals surface area contributed by atoms with Crippen LogP contribution in [0.4, 0.5) is 0 Å². The highest BCUT2D eigenvalue weighted by Crippen LogP contribution is 2.32. The first-order valence-electron chi connectivity index (χ1n) is 10.2. The Hall–Kier alpha value is -2.97. The summed E-state index contributed by atoms with van der Waals surface area (Å²) in [6.45, 7) is 3.10. The number of rotatable bonds is 4. The molecule has 2 fully saturated rings. The normalized spacial score (nSPS) is 18.2. The molecule has 1 spiro atoms. The lowest BCUT2D eigenvalue weighted by Crippen LogP contribution is -2.47. The highest BCUT2D eigenvalue weighted by molar-refractivity contribution is 5.97. The summed E-state index contributed by atoms with van der Waals surface area (Å²) in [6.07, 6.45) is 1.41. The molecule has 0 saturated carbocycles. The molecule has 2 aliphatic heterocycles. The van der Waals surface area contributed by atoms with Crippen molar-refractivity contribution in [1.82, 2.24) is 19.9 Å². The zero-order valence-corrected chi connectivity index (χ0v) is 16.9. The lowest BCUT2D eigenvalue weighted by atomic mass is 10.0. The molecule has 0 atom stereocenters. The number of carbonyl (C=O) groups excluding carboxylic acids is 1. The van der Waals surface area contributed by atoms with Crippen LogP contribution < -0.4 is 4.74 Å². The summed E-state index contributed by atoms with van der Waals surface area (Å²) >= 11 is 0. The van der Waals surface area contributed by atoms with Crippen molar-refractivity contribution in [1.29, 1.82) is 0 Å². The van der Waals surface area contributed by atoms with Crippen LogP contribution in [0.15, 0.2) is 42.5 Å². The molecular formula is C22H24N4O4. The van der Waals surface area contributed by atoms with Crippen LogP contribution in [0.5, 0.6) is 5.75 Å². The zero-order chi connectivity index (χ0) is 20.6. The Morgan fingerprint density at radius 3 is 2.70 bits per heavy atom. The second-order valence-corrected chi connectivity index (χ2v) is 7.70. The molecule has 1 amide bonds. The Kier molecular flexibility index (Phi) is 4.88. The van der Waals surface area contributed by atoms with E-state index in [2.05, 4.69) is 10.3 Å². The molecule has 0 aliphatic carbocycles. The number of likely N-dealkylation sites (tertiary alicyclic amines) is 1. The molecule has 5 rings (SSSR count). The number of ether oxygens (including phenoxy) is 3. The summed E-state index contributed by atoms with van der Waals surface area (Å²) in [4.78, 5) is 14.8. The maximum Gasteiger partial charge on any atom is 0.253 e. The number of methoxy groups -OCH3 is 1. The van der Waals surface area contributed by atoms with E-state index in [-0.39, 0.29) is 5.91 Å². The summed E-state index contributed by atoms with van der Waals surface area (Å²) in [6, 6.07) is 13.4. The Bertz CT molecular complexity index is 1060. The second kappa shape index (κ2) is 7.70. The lowest BCUT2D eigenvalue weighted by molar-refractivity contribution is -0.181. The van der Waals surface area contributed by atoms with Crippen molar-refractivity contribution in [3.63, 3.8) is 0 Å². The zero-order valence-electron chi connectivity index (χ0n) is 16.9. The standard InChI is InChI=1S/C22H24N4O4/c1-28-18-4-2-3-16(13-18)15-26-20-6-5-17(14-19(20)23-24-26)21(27)25-9-7-22(8-10-25)29-11-12-30-22/h2-6,13-14H,7-12,15H2,1H3. The van der Waals surface area contributed by atoms with E-state index in [0.29, 0.717) is 56.8 Å². The van der Waals surface area contributed by atoms with Crippen molar-refractivity contribution in [2.24, 2.45) is 0 Å². The van der Waals surface area contributed by atoms with Crippen LogP contribution >= 0.6 is 0 Å². The predicted octanol–water partition coefficient (Wildman–Crippen LogP) is 2.47. The van der Waals surface area contributed by atoms with Crippen LogP contribution in [0, 0.1) is 0 Å². The molecule has 0 bridgehead atoms. The molecule has 3 aromatic rings. The molecular weight excluding hydrogens is 384 g/mol. The average Bonchev–Trinajstić information content (AvgIpc) is 3.41. The van der Waals surface area contributed by atoms with Gasteiger partial charge in [0.1, 0.15) is 11.3 Å². The Morgan fingerprint density at radius 1 is 1.13 bits per heavy atom. The van der Waals surface area contributed by atoms with Gasteiger partial charge in [0.15, 0.2) is 5.79 Å². The Morgan fingerprint density at radius 2 is 1.93 bits per heavy atom. The molecule has 8 nitrogen and oxygen atoms in total. The monoisotopic (exact) mass is 408 g/mol. The molecule has 0 unspecified atom stereocenters. The minimum atomic E-state index is -0.483. The number of benzene rings is 2. The molecule has 0 radical (unpaired) electrons. The van der Waals surface area contributed by atoms with Gasteiger partial charge in [-0.15, -0.1) is 5.10 Å². The van der Waals surface area contributed by atoms with Gasteiger partial charge < -0.3 is 19.1 Å². The van der Waals surface area contributed by atoms with E-state index < -0.39 is 5.79 Å². The highest BCUT2D eigenvalue weighted by Gasteiger charge is 2.40. The number of piperidine rings is 1. The van der Waals surface area contributed by atoms with Crippen molar-refractivity contribution in [2.45, 2.75) is 25.2 Å². The second-order valence-electron chi connectivity index (χ2n) is 7.70. The molecule has 1 aromatic heterocycles. The van der Waals surface area contributed by atoms with Gasteiger partial charge in [-0.2, -0.15) is 0 Å². The topological polar surface area (TPSA) is 78.7 Å². The smallest absolute Gasteiger partial charge is 0.253 e. The molecule has 156 valence electrons. The summed E-state index contributed by atoms with van der Waals surface area (Å²) in [5.41, 5.74) is 3.29. The van der Waals surface area contributed by atoms with Gasteiger partial charge in [-0.05, 0) is 35.9 Å². The summed E-state index contributed by atoms with van der Waals surface area (Å²) in [7, 11) is 1.65. The van der Waals surface area contributed by atoms with Gasteiger partial charge in [0.2, 0.25) is 0 Å². The minimum absolute atomic E-state index is 0.00657. The number of nitrogens with zero attached hydrogens (tertiary/aromatic N) is 4. The first-order chi connectivity index (χ1) is 14.7. The van der Waals surface area contributed by atoms with E-state index >= 15 is 0 Å². The van der Waals surface area contributed by atoms with Crippen LogP contribution in [0.1, 0.15) is 28.8 Å². The first kappa shape index (κ1) is 19.0. The van der Waals surface area contributed by atoms with Gasteiger partial charge in [0, 0.05) is 31.5 Å². The third-order valence-corrected chi connectivity index (χ3v) is 5.85. The summed E-state index contributed by atoms with van der Waals surface area (Å²) in [5, 5.41) is 8.55. The third kappa shape index (κ3) is 3.53. The van der Waals surface area contributed by atoms with Crippen LogP contribution in [0.25, 0.3) is 11.0 Å². The molecule has 2 saturated heterocycles. The highest BCUT2D eigenvalue weighted by atomic mass is 16.7. The van der Waals surface area contributed by atoms with Gasteiger partial charge in [-0.1, -0.05) is 17.3 Å². The van der Waals surface area contributed by atoms with Crippen LogP contribution in [0.3, 0.4) is 0 Å². The largest absolute Gasteiger partial charge is 0.497 e. The SMILES string of the molecule is COc1cccc(Cn2nnc3cc(C(=O)N4CCC5(CC4)OCCO5)ccc32)c1. The van der Waals surface area contributed by atoms with Crippen LogP contribution in [-0.4, -0.2) is 65.0 Å². The third-order valence-electron chi connectivity index (χ3n) is 5.85. The van der Waals surface area contributed by atoms with Gasteiger partial charge in [0.25, 0.3) is 5.91 Å². The van der Waals surface area contributed by atoms with Gasteiger partial charge in [0.05, 0.1) is 32.4 Å². The lowest BCUT2D eigenvalue weighted by Gasteiger charge is -2.37. The number of hydrogen-bond donors (Lipinski definition) is 0. The molecule has 8 heteroatoms. The molecule has 0 N–H and O–H groups in total. The van der Waals surface area contributed by atoms with E-state index in [9.17, 15) is 4.79 Å². The van der Waals surface area contributed by atoms with Crippen molar-refractivity contribution in [3.05, 3.63) is 53.6 Å². The van der Waals surface area contributed by atoms with Crippen molar-refractivity contribution in [3.8, 4) is 5.75 Å². The number of carbonyl (C=O) groups is 1. The minimum Gasteiger partial charge on any atom is -0.497 e. The molecule has 30 heavy (non-hydrogen) atoms. The fourth-order valence-corrected chi connectivity index (χ4v) is 4.18. The maximum atomic E-state index is 13.0. The molecule has 2 aliphatic rings. The number of hydrogen-bond acceptors (Lipinski definition) is 6. The number of fused-ring (bicyclic) bond motifs is 1. The summed E-state index contributed by atoms with van der Waals surface area (Å²) < 4.78 is 18.6. The Labute approximate surface area is 174 Å². The summed E-state index contributed by atoms with van der Waals surface area (Å²) in [5.74, 6) is 0.331.